The van der Waals surface area contributed by atoms with Crippen LogP contribution in [-0.4, -0.2) is 39.0 Å². The smallest absolute Gasteiger partial charge is 0.476 e. The van der Waals surface area contributed by atoms with Crippen molar-refractivity contribution in [1.29, 1.82) is 0 Å². The topological polar surface area (TPSA) is 97.3 Å². The van der Waals surface area contributed by atoms with Crippen LogP contribution in [0.4, 0.5) is 13.2 Å². The Morgan fingerprint density at radius 1 is 1.26 bits per heavy atom. The number of hydrogen-bond acceptors (Lipinski definition) is 5. The molecule has 146 valence electrons. The Labute approximate surface area is 152 Å². The number of nitrogens with one attached hydrogen (secondary N) is 1. The molecule has 7 nitrogen and oxygen atoms in total. The largest absolute Gasteiger partial charge is 0.573 e. The number of carbonyl (C=O) groups is 1. The monoisotopic (exact) mass is 385 g/mol. The first-order valence-corrected chi connectivity index (χ1v) is 8.33. The Balaban J connectivity index is 1.62. The summed E-state index contributed by atoms with van der Waals surface area (Å²) in [6.45, 7) is 2.04. The maximum atomic E-state index is 12.3. The average molecular weight is 385 g/mol. The lowest BCUT2D eigenvalue weighted by Gasteiger charge is -2.37. The molecule has 1 fully saturated rings. The van der Waals surface area contributed by atoms with Crippen molar-refractivity contribution in [2.75, 3.05) is 0 Å². The van der Waals surface area contributed by atoms with E-state index in [4.69, 9.17) is 9.84 Å². The molecule has 2 aromatic rings. The van der Waals surface area contributed by atoms with E-state index in [9.17, 15) is 18.0 Å². The van der Waals surface area contributed by atoms with Crippen LogP contribution in [0.2, 0.25) is 0 Å². The molecule has 1 saturated carbocycles. The summed E-state index contributed by atoms with van der Waals surface area (Å²) in [5, 5.41) is 18.4. The van der Waals surface area contributed by atoms with E-state index in [0.29, 0.717) is 12.8 Å². The van der Waals surface area contributed by atoms with Crippen LogP contribution in [0.25, 0.3) is 0 Å². The van der Waals surface area contributed by atoms with Crippen molar-refractivity contribution in [2.24, 2.45) is 0 Å². The fourth-order valence-corrected chi connectivity index (χ4v) is 3.29. The van der Waals surface area contributed by atoms with Gasteiger partial charge in [-0.15, -0.1) is 13.2 Å². The van der Waals surface area contributed by atoms with Gasteiger partial charge in [0.2, 0.25) is 5.69 Å². The SMILES string of the molecule is C[C@]1(c2ccc(OC(F)(F)F)cc2)CC[C@@H](Oc2nn[nH]c2C(=O)O)CC1. The molecule has 0 bridgehead atoms. The summed E-state index contributed by atoms with van der Waals surface area (Å²) < 4.78 is 46.4. The zero-order valence-electron chi connectivity index (χ0n) is 14.4. The van der Waals surface area contributed by atoms with Crippen LogP contribution in [-0.2, 0) is 5.41 Å². The van der Waals surface area contributed by atoms with Gasteiger partial charge in [0.1, 0.15) is 11.9 Å². The van der Waals surface area contributed by atoms with Gasteiger partial charge in [-0.1, -0.05) is 29.4 Å². The van der Waals surface area contributed by atoms with E-state index in [1.807, 2.05) is 6.92 Å². The minimum atomic E-state index is -4.71. The molecule has 0 atom stereocenters. The number of H-pyrrole nitrogens is 1. The fourth-order valence-electron chi connectivity index (χ4n) is 3.29. The number of carboxylic acids is 1. The van der Waals surface area contributed by atoms with E-state index >= 15 is 0 Å². The molecule has 27 heavy (non-hydrogen) atoms. The molecule has 10 heteroatoms. The molecule has 0 spiro atoms. The molecule has 2 N–H and O–H groups in total. The third-order valence-corrected chi connectivity index (χ3v) is 4.83. The van der Waals surface area contributed by atoms with Crippen LogP contribution in [0.3, 0.4) is 0 Å². The molecule has 1 aliphatic carbocycles. The minimum absolute atomic E-state index is 0.0373. The van der Waals surface area contributed by atoms with Crippen LogP contribution in [0.15, 0.2) is 24.3 Å². The highest BCUT2D eigenvalue weighted by Gasteiger charge is 2.35. The highest BCUT2D eigenvalue weighted by atomic mass is 19.4. The number of halogens is 3. The Morgan fingerprint density at radius 3 is 2.44 bits per heavy atom. The summed E-state index contributed by atoms with van der Waals surface area (Å²) in [5.41, 5.74) is 0.516. The highest BCUT2D eigenvalue weighted by Crippen LogP contribution is 2.40. The number of aromatic nitrogens is 3. The standard InChI is InChI=1S/C17H18F3N3O4/c1-16(10-2-4-12(5-3-10)27-17(18,19)20)8-6-11(7-9-16)26-14-13(15(24)25)21-23-22-14/h2-5,11H,6-9H2,1H3,(H,24,25)(H,21,22,23)/t11-,16+. The van der Waals surface area contributed by atoms with E-state index < -0.39 is 12.3 Å². The summed E-state index contributed by atoms with van der Waals surface area (Å²) in [6.07, 6.45) is -2.13. The molecule has 1 heterocycles. The van der Waals surface area contributed by atoms with Gasteiger partial charge >= 0.3 is 12.3 Å². The Morgan fingerprint density at radius 2 is 1.89 bits per heavy atom. The molecular weight excluding hydrogens is 367 g/mol. The fraction of sp³-hybridized carbons (Fsp3) is 0.471. The molecule has 1 aromatic heterocycles. The van der Waals surface area contributed by atoms with Crippen molar-refractivity contribution >= 4 is 5.97 Å². The van der Waals surface area contributed by atoms with E-state index in [1.54, 1.807) is 12.1 Å². The summed E-state index contributed by atoms with van der Waals surface area (Å²) in [6, 6.07) is 5.90. The van der Waals surface area contributed by atoms with E-state index in [2.05, 4.69) is 20.1 Å². The highest BCUT2D eigenvalue weighted by molar-refractivity contribution is 5.87. The van der Waals surface area contributed by atoms with Gasteiger partial charge in [-0.3, -0.25) is 0 Å². The zero-order valence-corrected chi connectivity index (χ0v) is 14.4. The van der Waals surface area contributed by atoms with Crippen molar-refractivity contribution in [1.82, 2.24) is 15.4 Å². The van der Waals surface area contributed by atoms with Crippen LogP contribution in [0.5, 0.6) is 11.6 Å². The molecule has 0 saturated heterocycles. The number of hydrogen-bond donors (Lipinski definition) is 2. The van der Waals surface area contributed by atoms with Gasteiger partial charge in [-0.25, -0.2) is 9.89 Å². The summed E-state index contributed by atoms with van der Waals surface area (Å²) in [5.74, 6) is -1.49. The van der Waals surface area contributed by atoms with E-state index in [1.165, 1.54) is 12.1 Å². The lowest BCUT2D eigenvalue weighted by Crippen LogP contribution is -2.33. The second-order valence-corrected chi connectivity index (χ2v) is 6.75. The minimum Gasteiger partial charge on any atom is -0.476 e. The number of aromatic amines is 1. The number of alkyl halides is 3. The van der Waals surface area contributed by atoms with Gasteiger partial charge in [-0.05, 0) is 48.8 Å². The van der Waals surface area contributed by atoms with E-state index in [-0.39, 0.29) is 28.8 Å². The molecule has 0 radical (unpaired) electrons. The normalized spacial score (nSPS) is 23.0. The third kappa shape index (κ3) is 4.50. The lowest BCUT2D eigenvalue weighted by molar-refractivity contribution is -0.274. The van der Waals surface area contributed by atoms with Crippen molar-refractivity contribution in [3.63, 3.8) is 0 Å². The van der Waals surface area contributed by atoms with Gasteiger partial charge in [0, 0.05) is 0 Å². The summed E-state index contributed by atoms with van der Waals surface area (Å²) >= 11 is 0. The second kappa shape index (κ2) is 7.09. The van der Waals surface area contributed by atoms with Crippen LogP contribution >= 0.6 is 0 Å². The van der Waals surface area contributed by atoms with Gasteiger partial charge in [0.05, 0.1) is 0 Å². The van der Waals surface area contributed by atoms with Crippen LogP contribution in [0, 0.1) is 0 Å². The summed E-state index contributed by atoms with van der Waals surface area (Å²) in [7, 11) is 0. The Bertz CT molecular complexity index is 797. The van der Waals surface area contributed by atoms with Crippen LogP contribution in [0.1, 0.15) is 48.7 Å². The predicted octanol–water partition coefficient (Wildman–Crippen LogP) is 3.68. The predicted molar refractivity (Wildman–Crippen MR) is 86.7 cm³/mol. The third-order valence-electron chi connectivity index (χ3n) is 4.83. The zero-order chi connectivity index (χ0) is 19.7. The maximum Gasteiger partial charge on any atom is 0.573 e. The molecule has 1 aromatic carbocycles. The first kappa shape index (κ1) is 19.0. The molecule has 0 unspecified atom stereocenters. The Hall–Kier alpha value is -2.78. The maximum absolute atomic E-state index is 12.3. The van der Waals surface area contributed by atoms with Gasteiger partial charge in [0.15, 0.2) is 0 Å². The quantitative estimate of drug-likeness (QED) is 0.815. The van der Waals surface area contributed by atoms with Crippen LogP contribution < -0.4 is 9.47 Å². The summed E-state index contributed by atoms with van der Waals surface area (Å²) in [4.78, 5) is 11.1. The average Bonchev–Trinajstić information content (AvgIpc) is 3.05. The molecule has 3 rings (SSSR count). The number of rotatable bonds is 5. The number of aromatic carboxylic acids is 1. The number of ether oxygens (including phenoxy) is 2. The first-order chi connectivity index (χ1) is 12.7. The van der Waals surface area contributed by atoms with Crippen molar-refractivity contribution in [2.45, 2.75) is 50.5 Å². The van der Waals surface area contributed by atoms with Crippen molar-refractivity contribution in [3.8, 4) is 11.6 Å². The van der Waals surface area contributed by atoms with Crippen molar-refractivity contribution < 1.29 is 32.5 Å². The lowest BCUT2D eigenvalue weighted by atomic mass is 9.70. The molecular formula is C17H18F3N3O4. The van der Waals surface area contributed by atoms with Crippen molar-refractivity contribution in [3.05, 3.63) is 35.5 Å². The molecule has 1 aliphatic rings. The second-order valence-electron chi connectivity index (χ2n) is 6.75. The number of benzene rings is 1. The van der Waals surface area contributed by atoms with E-state index in [0.717, 1.165) is 18.4 Å². The number of carboxylic acid groups (broad SMARTS) is 1. The number of nitrogens with zero attached hydrogens (tertiary/aromatic N) is 2. The first-order valence-electron chi connectivity index (χ1n) is 8.33. The molecule has 0 aliphatic heterocycles. The van der Waals surface area contributed by atoms with Gasteiger partial charge < -0.3 is 14.6 Å². The van der Waals surface area contributed by atoms with Gasteiger partial charge in [0.25, 0.3) is 5.88 Å². The van der Waals surface area contributed by atoms with Gasteiger partial charge in [-0.2, -0.15) is 0 Å². The molecule has 0 amide bonds. The Kier molecular flexibility index (Phi) is 4.99.